The van der Waals surface area contributed by atoms with Crippen LogP contribution in [0, 0.1) is 0 Å². The normalized spacial score (nSPS) is 18.8. The highest BCUT2D eigenvalue weighted by Gasteiger charge is 2.27. The molecule has 1 saturated heterocycles. The van der Waals surface area contributed by atoms with Crippen LogP contribution in [0.3, 0.4) is 0 Å². The van der Waals surface area contributed by atoms with Gasteiger partial charge in [0, 0.05) is 23.9 Å². The smallest absolute Gasteiger partial charge is 0.232 e. The molecule has 5 rings (SSSR count). The van der Waals surface area contributed by atoms with E-state index in [9.17, 15) is 4.79 Å². The molecular weight excluding hydrogens is 404 g/mol. The van der Waals surface area contributed by atoms with E-state index in [1.54, 1.807) is 23.1 Å². The molecule has 150 valence electrons. The standard InChI is InChI=1S/C22H22N2O3S2/c25-21(14-28-16-7-8-18-19(12-16)27-11-10-26-18)24-9-3-4-15(13-24)22-23-17-5-1-2-6-20(17)29-22/h1-2,5-8,12,15H,3-4,9-11,13-14H2. The number of ether oxygens (including phenoxy) is 2. The fraction of sp³-hybridized carbons (Fsp3) is 0.364. The second-order valence-corrected chi connectivity index (χ2v) is 9.40. The first-order valence-corrected chi connectivity index (χ1v) is 11.7. The molecule has 0 saturated carbocycles. The van der Waals surface area contributed by atoms with Gasteiger partial charge < -0.3 is 14.4 Å². The van der Waals surface area contributed by atoms with Gasteiger partial charge in [-0.3, -0.25) is 4.79 Å². The molecule has 0 N–H and O–H groups in total. The van der Waals surface area contributed by atoms with E-state index in [1.165, 1.54) is 4.70 Å². The summed E-state index contributed by atoms with van der Waals surface area (Å²) in [4.78, 5) is 20.7. The summed E-state index contributed by atoms with van der Waals surface area (Å²) in [5, 5.41) is 1.16. The van der Waals surface area contributed by atoms with Crippen LogP contribution >= 0.6 is 23.1 Å². The minimum Gasteiger partial charge on any atom is -0.486 e. The number of benzene rings is 2. The molecule has 0 bridgehead atoms. The van der Waals surface area contributed by atoms with Crippen molar-refractivity contribution >= 4 is 39.2 Å². The molecule has 5 nitrogen and oxygen atoms in total. The molecule has 0 aliphatic carbocycles. The summed E-state index contributed by atoms with van der Waals surface area (Å²) in [6.45, 7) is 2.76. The number of carbonyl (C=O) groups is 1. The van der Waals surface area contributed by atoms with Gasteiger partial charge in [0.05, 0.1) is 21.0 Å². The number of para-hydroxylation sites is 1. The van der Waals surface area contributed by atoms with Crippen molar-refractivity contribution in [2.75, 3.05) is 32.1 Å². The first-order chi connectivity index (χ1) is 14.3. The number of hydrogen-bond donors (Lipinski definition) is 0. The van der Waals surface area contributed by atoms with Gasteiger partial charge in [-0.2, -0.15) is 0 Å². The van der Waals surface area contributed by atoms with Crippen LogP contribution in [0.25, 0.3) is 10.2 Å². The van der Waals surface area contributed by atoms with Crippen molar-refractivity contribution in [1.82, 2.24) is 9.88 Å². The summed E-state index contributed by atoms with van der Waals surface area (Å²) >= 11 is 3.32. The van der Waals surface area contributed by atoms with Crippen LogP contribution < -0.4 is 9.47 Å². The van der Waals surface area contributed by atoms with Crippen LogP contribution in [0.1, 0.15) is 23.8 Å². The average Bonchev–Trinajstić information content (AvgIpc) is 3.22. The van der Waals surface area contributed by atoms with Gasteiger partial charge in [-0.1, -0.05) is 12.1 Å². The largest absolute Gasteiger partial charge is 0.486 e. The van der Waals surface area contributed by atoms with Crippen molar-refractivity contribution in [2.24, 2.45) is 0 Å². The maximum absolute atomic E-state index is 12.8. The number of fused-ring (bicyclic) bond motifs is 2. The topological polar surface area (TPSA) is 51.7 Å². The van der Waals surface area contributed by atoms with Gasteiger partial charge >= 0.3 is 0 Å². The highest BCUT2D eigenvalue weighted by Crippen LogP contribution is 2.35. The molecule has 7 heteroatoms. The number of rotatable bonds is 4. The molecule has 1 fully saturated rings. The molecular formula is C22H22N2O3S2. The third-order valence-corrected chi connectivity index (χ3v) is 7.49. The van der Waals surface area contributed by atoms with Crippen LogP contribution in [-0.2, 0) is 4.79 Å². The van der Waals surface area contributed by atoms with E-state index in [1.807, 2.05) is 29.2 Å². The van der Waals surface area contributed by atoms with E-state index in [0.717, 1.165) is 52.8 Å². The third-order valence-electron chi connectivity index (χ3n) is 5.31. The summed E-state index contributed by atoms with van der Waals surface area (Å²) in [5.74, 6) is 2.51. The number of carbonyl (C=O) groups excluding carboxylic acids is 1. The van der Waals surface area contributed by atoms with Crippen molar-refractivity contribution in [3.05, 3.63) is 47.5 Å². The zero-order valence-corrected chi connectivity index (χ0v) is 17.6. The fourth-order valence-electron chi connectivity index (χ4n) is 3.82. The van der Waals surface area contributed by atoms with Gasteiger partial charge in [-0.25, -0.2) is 4.98 Å². The first kappa shape index (κ1) is 18.8. The minimum atomic E-state index is 0.190. The number of thiazole rings is 1. The number of likely N-dealkylation sites (tertiary alicyclic amines) is 1. The van der Waals surface area contributed by atoms with Crippen molar-refractivity contribution in [3.63, 3.8) is 0 Å². The van der Waals surface area contributed by atoms with Crippen molar-refractivity contribution in [2.45, 2.75) is 23.7 Å². The van der Waals surface area contributed by atoms with Gasteiger partial charge in [0.25, 0.3) is 0 Å². The summed E-state index contributed by atoms with van der Waals surface area (Å²) < 4.78 is 12.4. The van der Waals surface area contributed by atoms with Crippen LogP contribution in [0.5, 0.6) is 11.5 Å². The number of amides is 1. The van der Waals surface area contributed by atoms with Crippen LogP contribution in [0.4, 0.5) is 0 Å². The Kier molecular flexibility index (Phi) is 5.33. The number of hydrogen-bond acceptors (Lipinski definition) is 6. The van der Waals surface area contributed by atoms with Gasteiger partial charge in [-0.05, 0) is 43.2 Å². The van der Waals surface area contributed by atoms with E-state index >= 15 is 0 Å². The Morgan fingerprint density at radius 1 is 1.17 bits per heavy atom. The molecule has 1 atom stereocenters. The summed E-state index contributed by atoms with van der Waals surface area (Å²) in [6, 6.07) is 14.1. The Balaban J connectivity index is 1.22. The number of piperidine rings is 1. The Morgan fingerprint density at radius 3 is 2.93 bits per heavy atom. The van der Waals surface area contributed by atoms with E-state index in [2.05, 4.69) is 18.2 Å². The first-order valence-electron chi connectivity index (χ1n) is 9.92. The second kappa shape index (κ2) is 8.24. The maximum atomic E-state index is 12.8. The quantitative estimate of drug-likeness (QED) is 0.572. The minimum absolute atomic E-state index is 0.190. The lowest BCUT2D eigenvalue weighted by Gasteiger charge is -2.31. The Bertz CT molecular complexity index is 1000. The zero-order valence-electron chi connectivity index (χ0n) is 16.0. The fourth-order valence-corrected chi connectivity index (χ4v) is 5.74. The van der Waals surface area contributed by atoms with Crippen LogP contribution in [0.2, 0.25) is 0 Å². The van der Waals surface area contributed by atoms with Crippen molar-refractivity contribution < 1.29 is 14.3 Å². The molecule has 29 heavy (non-hydrogen) atoms. The molecule has 0 spiro atoms. The Hall–Kier alpha value is -2.25. The van der Waals surface area contributed by atoms with Crippen molar-refractivity contribution in [3.8, 4) is 11.5 Å². The lowest BCUT2D eigenvalue weighted by Crippen LogP contribution is -2.40. The lowest BCUT2D eigenvalue weighted by atomic mass is 9.99. The highest BCUT2D eigenvalue weighted by molar-refractivity contribution is 8.00. The summed E-state index contributed by atoms with van der Waals surface area (Å²) in [5.41, 5.74) is 1.06. The number of aromatic nitrogens is 1. The van der Waals surface area contributed by atoms with Crippen LogP contribution in [0.15, 0.2) is 47.4 Å². The van der Waals surface area contributed by atoms with E-state index in [4.69, 9.17) is 14.5 Å². The summed E-state index contributed by atoms with van der Waals surface area (Å²) in [6.07, 6.45) is 2.12. The molecule has 3 aromatic rings. The molecule has 1 amide bonds. The predicted octanol–water partition coefficient (Wildman–Crippen LogP) is 4.57. The highest BCUT2D eigenvalue weighted by atomic mass is 32.2. The number of thioether (sulfide) groups is 1. The lowest BCUT2D eigenvalue weighted by molar-refractivity contribution is -0.129. The molecule has 1 unspecified atom stereocenters. The van der Waals surface area contributed by atoms with Crippen molar-refractivity contribution in [1.29, 1.82) is 0 Å². The van der Waals surface area contributed by atoms with Gasteiger partial charge in [0.2, 0.25) is 5.91 Å². The molecule has 3 heterocycles. The molecule has 0 radical (unpaired) electrons. The molecule has 2 aliphatic heterocycles. The third kappa shape index (κ3) is 4.07. The monoisotopic (exact) mass is 426 g/mol. The van der Waals surface area contributed by atoms with E-state index < -0.39 is 0 Å². The van der Waals surface area contributed by atoms with Gasteiger partial charge in [-0.15, -0.1) is 23.1 Å². The maximum Gasteiger partial charge on any atom is 0.232 e. The average molecular weight is 427 g/mol. The SMILES string of the molecule is O=C(CSc1ccc2c(c1)OCCO2)N1CCCC(c2nc3ccccc3s2)C1. The molecule has 1 aromatic heterocycles. The van der Waals surface area contributed by atoms with E-state index in [-0.39, 0.29) is 5.91 Å². The van der Waals surface area contributed by atoms with Gasteiger partial charge in [0.15, 0.2) is 11.5 Å². The number of nitrogens with zero attached hydrogens (tertiary/aromatic N) is 2. The summed E-state index contributed by atoms with van der Waals surface area (Å²) in [7, 11) is 0. The second-order valence-electron chi connectivity index (χ2n) is 7.29. The predicted molar refractivity (Wildman–Crippen MR) is 116 cm³/mol. The molecule has 2 aromatic carbocycles. The van der Waals surface area contributed by atoms with Gasteiger partial charge in [0.1, 0.15) is 13.2 Å². The van der Waals surface area contributed by atoms with Crippen LogP contribution in [-0.4, -0.2) is 47.8 Å². The van der Waals surface area contributed by atoms with E-state index in [0.29, 0.717) is 24.9 Å². The Labute approximate surface area is 178 Å². The molecule has 2 aliphatic rings. The Morgan fingerprint density at radius 2 is 2.03 bits per heavy atom. The zero-order chi connectivity index (χ0) is 19.6.